The van der Waals surface area contributed by atoms with E-state index < -0.39 is 0 Å². The van der Waals surface area contributed by atoms with Gasteiger partial charge < -0.3 is 5.32 Å². The largest absolute Gasteiger partial charge is 0.313 e. The van der Waals surface area contributed by atoms with Crippen LogP contribution in [0.15, 0.2) is 24.3 Å². The van der Waals surface area contributed by atoms with E-state index in [0.717, 1.165) is 18.4 Å². The average molecular weight is 287 g/mol. The molecule has 1 saturated carbocycles. The zero-order chi connectivity index (χ0) is 15.1. The Hall–Kier alpha value is -0.820. The van der Waals surface area contributed by atoms with Gasteiger partial charge in [0.25, 0.3) is 0 Å². The van der Waals surface area contributed by atoms with Gasteiger partial charge in [-0.25, -0.2) is 0 Å². The third-order valence-electron chi connectivity index (χ3n) is 5.24. The third-order valence-corrected chi connectivity index (χ3v) is 5.24. The minimum absolute atomic E-state index is 0.665. The van der Waals surface area contributed by atoms with E-state index in [2.05, 4.69) is 50.4 Å². The van der Waals surface area contributed by atoms with Gasteiger partial charge in [-0.15, -0.1) is 0 Å². The van der Waals surface area contributed by atoms with E-state index in [9.17, 15) is 0 Å². The third kappa shape index (κ3) is 4.85. The molecule has 0 aliphatic heterocycles. The summed E-state index contributed by atoms with van der Waals surface area (Å²) < 4.78 is 0. The predicted octanol–water partition coefficient (Wildman–Crippen LogP) is 5.12. The van der Waals surface area contributed by atoms with Crippen LogP contribution in [0.1, 0.15) is 63.5 Å². The summed E-state index contributed by atoms with van der Waals surface area (Å²) in [5.74, 6) is 1.80. The minimum Gasteiger partial charge on any atom is -0.313 e. The van der Waals surface area contributed by atoms with Crippen LogP contribution in [-0.2, 0) is 6.42 Å². The molecule has 1 nitrogen and oxygen atoms in total. The number of hydrogen-bond acceptors (Lipinski definition) is 1. The van der Waals surface area contributed by atoms with E-state index >= 15 is 0 Å². The molecule has 21 heavy (non-hydrogen) atoms. The molecular weight excluding hydrogens is 254 g/mol. The highest BCUT2D eigenvalue weighted by Gasteiger charge is 2.30. The van der Waals surface area contributed by atoms with Crippen LogP contribution in [0.4, 0.5) is 0 Å². The fraction of sp³-hybridized carbons (Fsp3) is 0.700. The first-order valence-corrected chi connectivity index (χ1v) is 9.03. The lowest BCUT2D eigenvalue weighted by molar-refractivity contribution is 0.174. The Morgan fingerprint density at radius 1 is 1.10 bits per heavy atom. The molecular formula is C20H33N. The fourth-order valence-corrected chi connectivity index (χ4v) is 3.96. The lowest BCUT2D eigenvalue weighted by atomic mass is 9.72. The number of nitrogens with one attached hydrogen (secondary N) is 1. The summed E-state index contributed by atoms with van der Waals surface area (Å²) in [6.07, 6.45) is 9.52. The topological polar surface area (TPSA) is 12.0 Å². The first kappa shape index (κ1) is 16.5. The minimum atomic E-state index is 0.665. The lowest BCUT2D eigenvalue weighted by Gasteiger charge is -2.37. The average Bonchev–Trinajstić information content (AvgIpc) is 2.53. The van der Waals surface area contributed by atoms with Gasteiger partial charge in [-0.3, -0.25) is 0 Å². The monoisotopic (exact) mass is 287 g/mol. The molecule has 1 aromatic rings. The molecule has 0 saturated heterocycles. The van der Waals surface area contributed by atoms with E-state index in [1.54, 1.807) is 0 Å². The van der Waals surface area contributed by atoms with Gasteiger partial charge in [-0.1, -0.05) is 69.4 Å². The van der Waals surface area contributed by atoms with Gasteiger partial charge in [0.05, 0.1) is 0 Å². The van der Waals surface area contributed by atoms with Crippen LogP contribution in [0.25, 0.3) is 0 Å². The molecule has 3 unspecified atom stereocenters. The van der Waals surface area contributed by atoms with Crippen LogP contribution < -0.4 is 5.32 Å². The van der Waals surface area contributed by atoms with Crippen LogP contribution in [0, 0.1) is 18.8 Å². The molecule has 0 radical (unpaired) electrons. The molecule has 0 heterocycles. The Morgan fingerprint density at radius 2 is 1.81 bits per heavy atom. The van der Waals surface area contributed by atoms with Crippen molar-refractivity contribution in [1.29, 1.82) is 0 Å². The predicted molar refractivity (Wildman–Crippen MR) is 92.7 cm³/mol. The second-order valence-corrected chi connectivity index (χ2v) is 6.87. The van der Waals surface area contributed by atoms with E-state index in [1.165, 1.54) is 56.1 Å². The quantitative estimate of drug-likeness (QED) is 0.733. The Labute approximate surface area is 131 Å². The first-order chi connectivity index (χ1) is 10.2. The molecule has 1 N–H and O–H groups in total. The molecule has 1 aliphatic rings. The van der Waals surface area contributed by atoms with Crippen LogP contribution in [0.5, 0.6) is 0 Å². The smallest absolute Gasteiger partial charge is 0.0138 e. The molecule has 0 aromatic heterocycles. The Kier molecular flexibility index (Phi) is 6.76. The maximum absolute atomic E-state index is 3.87. The number of hydrogen-bond donors (Lipinski definition) is 1. The maximum atomic E-state index is 3.87. The van der Waals surface area contributed by atoms with Crippen molar-refractivity contribution in [3.63, 3.8) is 0 Å². The molecule has 2 rings (SSSR count). The van der Waals surface area contributed by atoms with Crippen LogP contribution in [0.3, 0.4) is 0 Å². The van der Waals surface area contributed by atoms with E-state index in [-0.39, 0.29) is 0 Å². The number of aryl methyl sites for hydroxylation is 1. The van der Waals surface area contributed by atoms with Gasteiger partial charge in [-0.2, -0.15) is 0 Å². The molecule has 1 aromatic carbocycles. The normalized spacial score (nSPS) is 24.0. The van der Waals surface area contributed by atoms with Gasteiger partial charge >= 0.3 is 0 Å². The van der Waals surface area contributed by atoms with Crippen LogP contribution in [0.2, 0.25) is 0 Å². The van der Waals surface area contributed by atoms with Crippen LogP contribution >= 0.6 is 0 Å². The lowest BCUT2D eigenvalue weighted by Crippen LogP contribution is -2.43. The van der Waals surface area contributed by atoms with Gasteiger partial charge in [0.2, 0.25) is 0 Å². The Balaban J connectivity index is 2.06. The van der Waals surface area contributed by atoms with Gasteiger partial charge in [0.15, 0.2) is 0 Å². The van der Waals surface area contributed by atoms with Crippen molar-refractivity contribution in [2.24, 2.45) is 11.8 Å². The summed E-state index contributed by atoms with van der Waals surface area (Å²) in [5.41, 5.74) is 2.86. The summed E-state index contributed by atoms with van der Waals surface area (Å²) in [5, 5.41) is 3.87. The number of benzene rings is 1. The molecule has 0 amide bonds. The van der Waals surface area contributed by atoms with Crippen molar-refractivity contribution in [1.82, 2.24) is 5.32 Å². The molecule has 118 valence electrons. The summed E-state index contributed by atoms with van der Waals surface area (Å²) in [7, 11) is 0. The highest BCUT2D eigenvalue weighted by atomic mass is 14.9. The molecule has 1 heteroatoms. The summed E-state index contributed by atoms with van der Waals surface area (Å²) in [4.78, 5) is 0. The second-order valence-electron chi connectivity index (χ2n) is 6.87. The van der Waals surface area contributed by atoms with Crippen molar-refractivity contribution in [2.75, 3.05) is 6.54 Å². The van der Waals surface area contributed by atoms with Crippen molar-refractivity contribution in [3.8, 4) is 0 Å². The first-order valence-electron chi connectivity index (χ1n) is 9.03. The van der Waals surface area contributed by atoms with E-state index in [4.69, 9.17) is 0 Å². The van der Waals surface area contributed by atoms with E-state index in [1.807, 2.05) is 0 Å². The highest BCUT2D eigenvalue weighted by Crippen LogP contribution is 2.35. The molecule has 1 aliphatic carbocycles. The second kappa shape index (κ2) is 8.58. The summed E-state index contributed by atoms with van der Waals surface area (Å²) in [6.45, 7) is 7.98. The molecule has 0 bridgehead atoms. The molecule has 3 atom stereocenters. The van der Waals surface area contributed by atoms with Crippen molar-refractivity contribution < 1.29 is 0 Å². The van der Waals surface area contributed by atoms with Gasteiger partial charge in [-0.05, 0) is 50.1 Å². The highest BCUT2D eigenvalue weighted by molar-refractivity contribution is 5.22. The molecule has 0 spiro atoms. The van der Waals surface area contributed by atoms with E-state index in [0.29, 0.717) is 6.04 Å². The fourth-order valence-electron chi connectivity index (χ4n) is 3.96. The van der Waals surface area contributed by atoms with Crippen LogP contribution in [-0.4, -0.2) is 12.6 Å². The zero-order valence-electron chi connectivity index (χ0n) is 14.2. The standard InChI is InChI=1S/C20H33N/c1-4-14-21-20(15-17-12-10-16(3)11-13-17)19-9-7-6-8-18(19)5-2/h10-13,18-21H,4-9,14-15H2,1-3H3. The SMILES string of the molecule is CCCNC(Cc1ccc(C)cc1)C1CCCCC1CC. The van der Waals surface area contributed by atoms with Crippen molar-refractivity contribution in [3.05, 3.63) is 35.4 Å². The molecule has 1 fully saturated rings. The van der Waals surface area contributed by atoms with Gasteiger partial charge in [0, 0.05) is 6.04 Å². The summed E-state index contributed by atoms with van der Waals surface area (Å²) in [6, 6.07) is 9.81. The van der Waals surface area contributed by atoms with Gasteiger partial charge in [0.1, 0.15) is 0 Å². The van der Waals surface area contributed by atoms with Crippen molar-refractivity contribution >= 4 is 0 Å². The Bertz CT molecular complexity index is 395. The zero-order valence-corrected chi connectivity index (χ0v) is 14.2. The number of rotatable bonds is 7. The van der Waals surface area contributed by atoms with Crippen molar-refractivity contribution in [2.45, 2.75) is 71.8 Å². The Morgan fingerprint density at radius 3 is 2.48 bits per heavy atom. The summed E-state index contributed by atoms with van der Waals surface area (Å²) >= 11 is 0. The maximum Gasteiger partial charge on any atom is 0.0138 e.